The molecular weight excluding hydrogens is 241 g/mol. The van der Waals surface area contributed by atoms with Gasteiger partial charge in [0.05, 0.1) is 5.69 Å². The molecule has 0 aliphatic carbocycles. The second-order valence-electron chi connectivity index (χ2n) is 4.03. The third-order valence-electron chi connectivity index (χ3n) is 2.53. The van der Waals surface area contributed by atoms with Crippen LogP contribution in [0, 0.1) is 13.8 Å². The van der Waals surface area contributed by atoms with Gasteiger partial charge in [0.15, 0.2) is 0 Å². The van der Waals surface area contributed by atoms with E-state index in [1.54, 1.807) is 18.2 Å². The number of hydrogen-bond donors (Lipinski definition) is 0. The third kappa shape index (κ3) is 2.50. The number of nitrogens with zero attached hydrogens (tertiary/aromatic N) is 2. The van der Waals surface area contributed by atoms with E-state index in [0.717, 1.165) is 5.56 Å². The zero-order valence-corrected chi connectivity index (χ0v) is 9.92. The molecule has 0 spiro atoms. The second-order valence-corrected chi connectivity index (χ2v) is 4.03. The first-order chi connectivity index (χ1) is 8.38. The Morgan fingerprint density at radius 3 is 2.28 bits per heavy atom. The normalized spacial score (nSPS) is 11.6. The van der Waals surface area contributed by atoms with Crippen LogP contribution in [0.5, 0.6) is 0 Å². The first-order valence-corrected chi connectivity index (χ1v) is 5.37. The molecule has 0 N–H and O–H groups in total. The van der Waals surface area contributed by atoms with Crippen LogP contribution in [-0.2, 0) is 6.18 Å². The van der Waals surface area contributed by atoms with Gasteiger partial charge < -0.3 is 0 Å². The van der Waals surface area contributed by atoms with Crippen molar-refractivity contribution in [2.75, 3.05) is 0 Å². The maximum Gasteiger partial charge on any atom is 0.451 e. The zero-order valence-electron chi connectivity index (χ0n) is 9.92. The third-order valence-corrected chi connectivity index (χ3v) is 2.53. The van der Waals surface area contributed by atoms with Gasteiger partial charge in [0.1, 0.15) is 0 Å². The van der Waals surface area contributed by atoms with Gasteiger partial charge in [-0.05, 0) is 25.5 Å². The summed E-state index contributed by atoms with van der Waals surface area (Å²) in [6.07, 6.45) is -4.52. The van der Waals surface area contributed by atoms with E-state index in [1.807, 2.05) is 19.1 Å². The SMILES string of the molecule is Cc1cc(-c2ccccc2C)nc(C(F)(F)F)n1. The van der Waals surface area contributed by atoms with Gasteiger partial charge in [-0.3, -0.25) is 0 Å². The average molecular weight is 252 g/mol. The van der Waals surface area contributed by atoms with Crippen LogP contribution in [0.25, 0.3) is 11.3 Å². The van der Waals surface area contributed by atoms with E-state index in [-0.39, 0.29) is 0 Å². The second kappa shape index (κ2) is 4.40. The van der Waals surface area contributed by atoms with E-state index in [1.165, 1.54) is 6.92 Å². The molecule has 0 radical (unpaired) electrons. The minimum Gasteiger partial charge on any atom is -0.230 e. The molecule has 94 valence electrons. The van der Waals surface area contributed by atoms with Crippen molar-refractivity contribution in [2.45, 2.75) is 20.0 Å². The lowest BCUT2D eigenvalue weighted by molar-refractivity contribution is -0.145. The van der Waals surface area contributed by atoms with Crippen LogP contribution >= 0.6 is 0 Å². The summed E-state index contributed by atoms with van der Waals surface area (Å²) in [6.45, 7) is 3.36. The van der Waals surface area contributed by atoms with Crippen LogP contribution in [0.15, 0.2) is 30.3 Å². The molecule has 2 nitrogen and oxygen atoms in total. The van der Waals surface area contributed by atoms with Crippen molar-refractivity contribution >= 4 is 0 Å². The predicted molar refractivity (Wildman–Crippen MR) is 61.9 cm³/mol. The molecule has 5 heteroatoms. The molecule has 1 aromatic heterocycles. The molecular formula is C13H11F3N2. The molecule has 0 saturated heterocycles. The number of hydrogen-bond acceptors (Lipinski definition) is 2. The van der Waals surface area contributed by atoms with E-state index in [4.69, 9.17) is 0 Å². The lowest BCUT2D eigenvalue weighted by atomic mass is 10.1. The molecule has 2 rings (SSSR count). The first kappa shape index (κ1) is 12.5. The summed E-state index contributed by atoms with van der Waals surface area (Å²) in [5.74, 6) is -1.10. The molecule has 2 aromatic rings. The number of halogens is 3. The Morgan fingerprint density at radius 1 is 1.00 bits per heavy atom. The monoisotopic (exact) mass is 252 g/mol. The molecule has 1 aromatic carbocycles. The van der Waals surface area contributed by atoms with Gasteiger partial charge in [-0.1, -0.05) is 24.3 Å². The molecule has 0 fully saturated rings. The van der Waals surface area contributed by atoms with E-state index < -0.39 is 12.0 Å². The van der Waals surface area contributed by atoms with Gasteiger partial charge >= 0.3 is 6.18 Å². The van der Waals surface area contributed by atoms with Crippen molar-refractivity contribution in [1.29, 1.82) is 0 Å². The number of aryl methyl sites for hydroxylation is 2. The fraction of sp³-hybridized carbons (Fsp3) is 0.231. The van der Waals surface area contributed by atoms with E-state index in [0.29, 0.717) is 17.0 Å². The number of aromatic nitrogens is 2. The van der Waals surface area contributed by atoms with Gasteiger partial charge in [0, 0.05) is 11.3 Å². The Morgan fingerprint density at radius 2 is 1.67 bits per heavy atom. The van der Waals surface area contributed by atoms with Crippen molar-refractivity contribution in [3.63, 3.8) is 0 Å². The Bertz CT molecular complexity index is 577. The van der Waals surface area contributed by atoms with E-state index in [9.17, 15) is 13.2 Å². The predicted octanol–water partition coefficient (Wildman–Crippen LogP) is 3.78. The van der Waals surface area contributed by atoms with E-state index in [2.05, 4.69) is 9.97 Å². The molecule has 0 aliphatic heterocycles. The van der Waals surface area contributed by atoms with Crippen LogP contribution in [0.3, 0.4) is 0 Å². The minimum absolute atomic E-state index is 0.299. The Hall–Kier alpha value is -1.91. The van der Waals surface area contributed by atoms with Gasteiger partial charge in [-0.2, -0.15) is 13.2 Å². The van der Waals surface area contributed by atoms with Crippen LogP contribution in [0.4, 0.5) is 13.2 Å². The Labute approximate surface area is 103 Å². The summed E-state index contributed by atoms with van der Waals surface area (Å²) in [4.78, 5) is 7.02. The fourth-order valence-electron chi connectivity index (χ4n) is 1.69. The molecule has 0 atom stereocenters. The van der Waals surface area contributed by atoms with Crippen molar-refractivity contribution in [2.24, 2.45) is 0 Å². The largest absolute Gasteiger partial charge is 0.451 e. The van der Waals surface area contributed by atoms with Gasteiger partial charge in [-0.15, -0.1) is 0 Å². The topological polar surface area (TPSA) is 25.8 Å². The summed E-state index contributed by atoms with van der Waals surface area (Å²) < 4.78 is 37.9. The smallest absolute Gasteiger partial charge is 0.230 e. The maximum atomic E-state index is 12.6. The lowest BCUT2D eigenvalue weighted by Crippen LogP contribution is -2.12. The summed E-state index contributed by atoms with van der Waals surface area (Å²) in [6, 6.07) is 8.74. The van der Waals surface area contributed by atoms with E-state index >= 15 is 0 Å². The van der Waals surface area contributed by atoms with Crippen molar-refractivity contribution in [3.8, 4) is 11.3 Å². The average Bonchev–Trinajstić information content (AvgIpc) is 2.27. The minimum atomic E-state index is -4.52. The number of alkyl halides is 3. The standard InChI is InChI=1S/C13H11F3N2/c1-8-5-3-4-6-10(8)11-7-9(2)17-12(18-11)13(14,15)16/h3-7H,1-2H3. The highest BCUT2D eigenvalue weighted by atomic mass is 19.4. The first-order valence-electron chi connectivity index (χ1n) is 5.37. The number of rotatable bonds is 1. The summed E-state index contributed by atoms with van der Waals surface area (Å²) in [7, 11) is 0. The van der Waals surface area contributed by atoms with Crippen LogP contribution in [-0.4, -0.2) is 9.97 Å². The summed E-state index contributed by atoms with van der Waals surface area (Å²) in [5.41, 5.74) is 2.17. The Balaban J connectivity index is 2.60. The summed E-state index contributed by atoms with van der Waals surface area (Å²) >= 11 is 0. The quantitative estimate of drug-likeness (QED) is 0.771. The van der Waals surface area contributed by atoms with Crippen LogP contribution in [0.2, 0.25) is 0 Å². The van der Waals surface area contributed by atoms with Gasteiger partial charge in [-0.25, -0.2) is 9.97 Å². The maximum absolute atomic E-state index is 12.6. The molecule has 0 saturated carbocycles. The zero-order chi connectivity index (χ0) is 13.3. The molecule has 0 amide bonds. The molecule has 0 bridgehead atoms. The van der Waals surface area contributed by atoms with Crippen LogP contribution in [0.1, 0.15) is 17.1 Å². The molecule has 0 aliphatic rings. The Kier molecular flexibility index (Phi) is 3.07. The van der Waals surface area contributed by atoms with Crippen molar-refractivity contribution in [3.05, 3.63) is 47.4 Å². The van der Waals surface area contributed by atoms with Gasteiger partial charge in [0.2, 0.25) is 5.82 Å². The highest BCUT2D eigenvalue weighted by Crippen LogP contribution is 2.29. The number of benzene rings is 1. The van der Waals surface area contributed by atoms with Crippen LogP contribution < -0.4 is 0 Å². The fourth-order valence-corrected chi connectivity index (χ4v) is 1.69. The van der Waals surface area contributed by atoms with Crippen molar-refractivity contribution in [1.82, 2.24) is 9.97 Å². The molecule has 18 heavy (non-hydrogen) atoms. The highest BCUT2D eigenvalue weighted by Gasteiger charge is 2.35. The van der Waals surface area contributed by atoms with Gasteiger partial charge in [0.25, 0.3) is 0 Å². The summed E-state index contributed by atoms with van der Waals surface area (Å²) in [5, 5.41) is 0. The lowest BCUT2D eigenvalue weighted by Gasteiger charge is -2.10. The van der Waals surface area contributed by atoms with Crippen molar-refractivity contribution < 1.29 is 13.2 Å². The molecule has 1 heterocycles. The highest BCUT2D eigenvalue weighted by molar-refractivity contribution is 5.63. The molecule has 0 unspecified atom stereocenters.